The number of halogens is 3. The molecule has 1 saturated carbocycles. The zero-order valence-corrected chi connectivity index (χ0v) is 17.3. The molecular weight excluding hydrogens is 421 g/mol. The second kappa shape index (κ2) is 8.28. The Bertz CT molecular complexity index is 1130. The quantitative estimate of drug-likeness (QED) is 0.713. The minimum Gasteiger partial charge on any atom is -0.385 e. The van der Waals surface area contributed by atoms with E-state index < -0.39 is 35.4 Å². The zero-order chi connectivity index (χ0) is 22.9. The van der Waals surface area contributed by atoms with E-state index in [2.05, 4.69) is 27.1 Å². The van der Waals surface area contributed by atoms with Crippen molar-refractivity contribution in [1.82, 2.24) is 4.98 Å². The summed E-state index contributed by atoms with van der Waals surface area (Å²) in [4.78, 5) is 20.5. The predicted octanol–water partition coefficient (Wildman–Crippen LogP) is 3.47. The SMILES string of the molecule is CC1(c2cc(NC(=O)c3ccc(C#CC4CC4)cn3)ccc2F)N=C(N)COCC1(F)F. The lowest BCUT2D eigenvalue weighted by molar-refractivity contribution is -0.116. The third-order valence-corrected chi connectivity index (χ3v) is 5.36. The fraction of sp³-hybridized carbons (Fsp3) is 0.348. The van der Waals surface area contributed by atoms with Gasteiger partial charge >= 0.3 is 0 Å². The molecule has 32 heavy (non-hydrogen) atoms. The average molecular weight is 442 g/mol. The third-order valence-electron chi connectivity index (χ3n) is 5.36. The van der Waals surface area contributed by atoms with Gasteiger partial charge in [0.2, 0.25) is 0 Å². The number of hydrogen-bond donors (Lipinski definition) is 2. The summed E-state index contributed by atoms with van der Waals surface area (Å²) in [6.07, 6.45) is 3.71. The zero-order valence-electron chi connectivity index (χ0n) is 17.3. The van der Waals surface area contributed by atoms with E-state index in [1.165, 1.54) is 18.3 Å². The molecule has 1 aromatic carbocycles. The maximum Gasteiger partial charge on any atom is 0.299 e. The van der Waals surface area contributed by atoms with Crippen LogP contribution in [0.25, 0.3) is 0 Å². The van der Waals surface area contributed by atoms with E-state index >= 15 is 0 Å². The van der Waals surface area contributed by atoms with Crippen molar-refractivity contribution in [2.75, 3.05) is 18.5 Å². The fourth-order valence-corrected chi connectivity index (χ4v) is 3.27. The van der Waals surface area contributed by atoms with Crippen LogP contribution in [-0.4, -0.2) is 35.9 Å². The van der Waals surface area contributed by atoms with E-state index in [1.54, 1.807) is 6.07 Å². The van der Waals surface area contributed by atoms with Crippen LogP contribution < -0.4 is 11.1 Å². The molecule has 166 valence electrons. The molecule has 1 unspecified atom stereocenters. The number of amidine groups is 1. The minimum atomic E-state index is -3.53. The first-order chi connectivity index (χ1) is 15.2. The fourth-order valence-electron chi connectivity index (χ4n) is 3.27. The number of anilines is 1. The number of nitrogens with one attached hydrogen (secondary N) is 1. The van der Waals surface area contributed by atoms with Crippen LogP contribution in [0.3, 0.4) is 0 Å². The Morgan fingerprint density at radius 2 is 2.06 bits per heavy atom. The first kappa shape index (κ1) is 21.8. The van der Waals surface area contributed by atoms with Crippen LogP contribution in [0, 0.1) is 23.6 Å². The normalized spacial score (nSPS) is 22.2. The molecule has 1 aliphatic carbocycles. The van der Waals surface area contributed by atoms with Crippen molar-refractivity contribution in [1.29, 1.82) is 0 Å². The summed E-state index contributed by atoms with van der Waals surface area (Å²) in [6.45, 7) is -0.166. The Morgan fingerprint density at radius 3 is 2.75 bits per heavy atom. The molecule has 2 aromatic rings. The Kier molecular flexibility index (Phi) is 5.65. The van der Waals surface area contributed by atoms with Crippen LogP contribution in [0.15, 0.2) is 41.5 Å². The maximum atomic E-state index is 14.8. The lowest BCUT2D eigenvalue weighted by Crippen LogP contribution is -2.45. The van der Waals surface area contributed by atoms with Crippen LogP contribution in [0.4, 0.5) is 18.9 Å². The lowest BCUT2D eigenvalue weighted by Gasteiger charge is -2.33. The standard InChI is InChI=1S/C23H21F3N4O2/c1-22(23(25,26)13-32-12-20(27)30-22)17-10-16(7-8-18(17)24)29-21(31)19-9-6-15(11-28-19)5-4-14-2-3-14/h6-11,14H,2-3,12-13H2,1H3,(H2,27,30)(H,29,31). The molecule has 1 amide bonds. The topological polar surface area (TPSA) is 89.6 Å². The monoisotopic (exact) mass is 442 g/mol. The molecule has 6 nitrogen and oxygen atoms in total. The van der Waals surface area contributed by atoms with Crippen LogP contribution in [0.5, 0.6) is 0 Å². The summed E-state index contributed by atoms with van der Waals surface area (Å²) in [7, 11) is 0. The molecule has 2 aliphatic rings. The van der Waals surface area contributed by atoms with Gasteiger partial charge in [-0.05, 0) is 50.1 Å². The Hall–Kier alpha value is -3.38. The summed E-state index contributed by atoms with van der Waals surface area (Å²) in [5, 5.41) is 2.56. The van der Waals surface area contributed by atoms with Gasteiger partial charge in [0, 0.05) is 28.9 Å². The predicted molar refractivity (Wildman–Crippen MR) is 113 cm³/mol. The van der Waals surface area contributed by atoms with Gasteiger partial charge in [0.25, 0.3) is 11.8 Å². The Labute approximate surface area is 183 Å². The smallest absolute Gasteiger partial charge is 0.299 e. The summed E-state index contributed by atoms with van der Waals surface area (Å²) in [5.41, 5.74) is 3.84. The number of hydrogen-bond acceptors (Lipinski definition) is 5. The van der Waals surface area contributed by atoms with Gasteiger partial charge in [0.05, 0.1) is 0 Å². The summed E-state index contributed by atoms with van der Waals surface area (Å²) >= 11 is 0. The number of pyridine rings is 1. The number of carbonyl (C=O) groups excluding carboxylic acids is 1. The van der Waals surface area contributed by atoms with Crippen molar-refractivity contribution in [3.63, 3.8) is 0 Å². The third kappa shape index (κ3) is 4.46. The van der Waals surface area contributed by atoms with Crippen molar-refractivity contribution < 1.29 is 22.7 Å². The molecule has 2 heterocycles. The second-order valence-corrected chi connectivity index (χ2v) is 8.00. The number of amides is 1. The Morgan fingerprint density at radius 1 is 1.28 bits per heavy atom. The number of alkyl halides is 2. The number of benzene rings is 1. The van der Waals surface area contributed by atoms with Crippen molar-refractivity contribution in [3.8, 4) is 11.8 Å². The molecule has 1 aliphatic heterocycles. The average Bonchev–Trinajstić information content (AvgIpc) is 3.58. The molecule has 1 fully saturated rings. The highest BCUT2D eigenvalue weighted by Gasteiger charge is 2.54. The number of aromatic nitrogens is 1. The highest BCUT2D eigenvalue weighted by molar-refractivity contribution is 6.02. The second-order valence-electron chi connectivity index (χ2n) is 8.00. The lowest BCUT2D eigenvalue weighted by atomic mass is 9.85. The van der Waals surface area contributed by atoms with E-state index in [4.69, 9.17) is 10.5 Å². The van der Waals surface area contributed by atoms with Gasteiger partial charge in [0.15, 0.2) is 5.54 Å². The molecule has 4 rings (SSSR count). The maximum absolute atomic E-state index is 14.8. The first-order valence-corrected chi connectivity index (χ1v) is 10.1. The van der Waals surface area contributed by atoms with Gasteiger partial charge in [-0.3, -0.25) is 9.79 Å². The van der Waals surface area contributed by atoms with Gasteiger partial charge in [-0.1, -0.05) is 11.8 Å². The van der Waals surface area contributed by atoms with Gasteiger partial charge < -0.3 is 15.8 Å². The Balaban J connectivity index is 1.58. The van der Waals surface area contributed by atoms with Crippen LogP contribution >= 0.6 is 0 Å². The van der Waals surface area contributed by atoms with Crippen molar-refractivity contribution in [2.24, 2.45) is 16.6 Å². The van der Waals surface area contributed by atoms with E-state index in [9.17, 15) is 18.0 Å². The van der Waals surface area contributed by atoms with Crippen LogP contribution in [0.2, 0.25) is 0 Å². The van der Waals surface area contributed by atoms with Crippen molar-refractivity contribution in [2.45, 2.75) is 31.2 Å². The van der Waals surface area contributed by atoms with E-state index in [1.807, 2.05) is 0 Å². The molecular formula is C23H21F3N4O2. The largest absolute Gasteiger partial charge is 0.385 e. The van der Waals surface area contributed by atoms with Gasteiger partial charge in [0.1, 0.15) is 30.6 Å². The molecule has 3 N–H and O–H groups in total. The van der Waals surface area contributed by atoms with Crippen molar-refractivity contribution >= 4 is 17.4 Å². The number of rotatable bonds is 3. The summed E-state index contributed by atoms with van der Waals surface area (Å²) in [5.74, 6) is 1.37. The number of carbonyl (C=O) groups is 1. The molecule has 9 heteroatoms. The van der Waals surface area contributed by atoms with Crippen LogP contribution in [0.1, 0.15) is 41.4 Å². The molecule has 1 aromatic heterocycles. The highest BCUT2D eigenvalue weighted by atomic mass is 19.3. The number of aliphatic imine (C=N–C) groups is 1. The number of nitrogens with two attached hydrogens (primary N) is 1. The van der Waals surface area contributed by atoms with Crippen LogP contribution in [-0.2, 0) is 10.3 Å². The van der Waals surface area contributed by atoms with Gasteiger partial charge in [-0.2, -0.15) is 0 Å². The molecule has 0 radical (unpaired) electrons. The summed E-state index contributed by atoms with van der Waals surface area (Å²) < 4.78 is 49.1. The van der Waals surface area contributed by atoms with Gasteiger partial charge in [-0.25, -0.2) is 18.2 Å². The van der Waals surface area contributed by atoms with E-state index in [0.29, 0.717) is 11.5 Å². The molecule has 0 spiro atoms. The minimum absolute atomic E-state index is 0.106. The summed E-state index contributed by atoms with van der Waals surface area (Å²) in [6, 6.07) is 6.58. The van der Waals surface area contributed by atoms with E-state index in [0.717, 1.165) is 31.9 Å². The van der Waals surface area contributed by atoms with E-state index in [-0.39, 0.29) is 23.8 Å². The molecule has 1 atom stereocenters. The van der Waals surface area contributed by atoms with Crippen molar-refractivity contribution in [3.05, 3.63) is 59.2 Å². The number of ether oxygens (including phenoxy) is 1. The highest BCUT2D eigenvalue weighted by Crippen LogP contribution is 2.44. The molecule has 0 bridgehead atoms. The number of nitrogens with zero attached hydrogens (tertiary/aromatic N) is 2. The first-order valence-electron chi connectivity index (χ1n) is 10.1. The van der Waals surface area contributed by atoms with Gasteiger partial charge in [-0.15, -0.1) is 0 Å². The molecule has 0 saturated heterocycles.